The smallest absolute Gasteiger partial charge is 0.456 e. The lowest BCUT2D eigenvalue weighted by Crippen LogP contribution is -2.30. The first-order valence-electron chi connectivity index (χ1n) is 5.70. The van der Waals surface area contributed by atoms with Crippen LogP contribution < -0.4 is 5.46 Å². The second-order valence-corrected chi connectivity index (χ2v) is 3.91. The van der Waals surface area contributed by atoms with Crippen molar-refractivity contribution < 1.29 is 19.6 Å². The fraction of sp³-hybridized carbons (Fsp3) is 0.0769. The molecule has 2 rings (SSSR count). The molecule has 0 unspecified atom stereocenters. The van der Waals surface area contributed by atoms with Crippen molar-refractivity contribution in [2.75, 3.05) is 0 Å². The summed E-state index contributed by atoms with van der Waals surface area (Å²) in [6.45, 7) is 0.146. The van der Waals surface area contributed by atoms with Crippen LogP contribution in [0, 0.1) is 0 Å². The van der Waals surface area contributed by atoms with E-state index in [4.69, 9.17) is 14.8 Å². The molecular formula is C13H12BNO4. The van der Waals surface area contributed by atoms with Crippen LogP contribution in [-0.2, 0) is 11.3 Å². The predicted octanol–water partition coefficient (Wildman–Crippen LogP) is 0.118. The summed E-state index contributed by atoms with van der Waals surface area (Å²) in [6.07, 6.45) is 1.33. The first-order valence-corrected chi connectivity index (χ1v) is 5.70. The Balaban J connectivity index is 2.02. The van der Waals surface area contributed by atoms with Gasteiger partial charge in [0.2, 0.25) is 0 Å². The summed E-state index contributed by atoms with van der Waals surface area (Å²) in [7, 11) is -1.64. The van der Waals surface area contributed by atoms with Crippen LogP contribution in [0.1, 0.15) is 16.1 Å². The first kappa shape index (κ1) is 13.3. The Morgan fingerprint density at radius 1 is 1.21 bits per heavy atom. The number of carbonyl (C=O) groups excluding carboxylic acids is 1. The maximum absolute atomic E-state index is 11.7. The molecular weight excluding hydrogens is 245 g/mol. The number of ether oxygens (including phenoxy) is 1. The number of aromatic nitrogens is 1. The van der Waals surface area contributed by atoms with Crippen molar-refractivity contribution in [2.24, 2.45) is 0 Å². The number of benzene rings is 1. The minimum absolute atomic E-state index is 0.0431. The molecule has 1 aromatic carbocycles. The third-order valence-corrected chi connectivity index (χ3v) is 2.50. The average Bonchev–Trinajstić information content (AvgIpc) is 2.46. The zero-order valence-electron chi connectivity index (χ0n) is 10.1. The van der Waals surface area contributed by atoms with Crippen molar-refractivity contribution in [2.45, 2.75) is 6.61 Å². The molecule has 96 valence electrons. The maximum atomic E-state index is 11.7. The third kappa shape index (κ3) is 3.64. The average molecular weight is 257 g/mol. The van der Waals surface area contributed by atoms with E-state index in [0.29, 0.717) is 0 Å². The van der Waals surface area contributed by atoms with E-state index in [1.807, 2.05) is 30.3 Å². The lowest BCUT2D eigenvalue weighted by molar-refractivity contribution is 0.0466. The monoisotopic (exact) mass is 257 g/mol. The lowest BCUT2D eigenvalue weighted by atomic mass is 9.81. The van der Waals surface area contributed by atoms with Crippen LogP contribution in [0.15, 0.2) is 48.7 Å². The highest BCUT2D eigenvalue weighted by molar-refractivity contribution is 6.58. The molecule has 0 saturated carbocycles. The van der Waals surface area contributed by atoms with E-state index >= 15 is 0 Å². The fourth-order valence-corrected chi connectivity index (χ4v) is 1.52. The minimum atomic E-state index is -1.64. The maximum Gasteiger partial charge on any atom is 0.488 e. The quantitative estimate of drug-likeness (QED) is 0.600. The number of hydrogen-bond donors (Lipinski definition) is 2. The minimum Gasteiger partial charge on any atom is -0.456 e. The molecule has 0 saturated heterocycles. The van der Waals surface area contributed by atoms with Gasteiger partial charge >= 0.3 is 13.1 Å². The Labute approximate surface area is 110 Å². The molecule has 5 nitrogen and oxygen atoms in total. The van der Waals surface area contributed by atoms with Crippen molar-refractivity contribution in [3.05, 3.63) is 59.9 Å². The predicted molar refractivity (Wildman–Crippen MR) is 69.6 cm³/mol. The molecule has 0 radical (unpaired) electrons. The third-order valence-electron chi connectivity index (χ3n) is 2.50. The Morgan fingerprint density at radius 3 is 2.63 bits per heavy atom. The summed E-state index contributed by atoms with van der Waals surface area (Å²) in [6, 6.07) is 12.0. The molecule has 0 atom stereocenters. The SMILES string of the molecule is O=C(OCc1ccccc1)c1cc(B(O)O)ccn1. The summed E-state index contributed by atoms with van der Waals surface area (Å²) in [4.78, 5) is 15.6. The van der Waals surface area contributed by atoms with Crippen LogP contribution in [0.2, 0.25) is 0 Å². The highest BCUT2D eigenvalue weighted by Crippen LogP contribution is 2.03. The highest BCUT2D eigenvalue weighted by Gasteiger charge is 2.15. The van der Waals surface area contributed by atoms with Gasteiger partial charge in [-0.2, -0.15) is 0 Å². The van der Waals surface area contributed by atoms with Gasteiger partial charge in [-0.25, -0.2) is 9.78 Å². The Kier molecular flexibility index (Phi) is 4.28. The van der Waals surface area contributed by atoms with Crippen molar-refractivity contribution in [1.82, 2.24) is 4.98 Å². The zero-order valence-corrected chi connectivity index (χ0v) is 10.1. The molecule has 0 bridgehead atoms. The molecule has 0 spiro atoms. The van der Waals surface area contributed by atoms with Gasteiger partial charge in [0.1, 0.15) is 12.3 Å². The van der Waals surface area contributed by atoms with Crippen LogP contribution in [-0.4, -0.2) is 28.1 Å². The van der Waals surface area contributed by atoms with E-state index < -0.39 is 13.1 Å². The van der Waals surface area contributed by atoms with Crippen LogP contribution in [0.25, 0.3) is 0 Å². The number of esters is 1. The largest absolute Gasteiger partial charge is 0.488 e. The van der Waals surface area contributed by atoms with Crippen LogP contribution >= 0.6 is 0 Å². The van der Waals surface area contributed by atoms with Gasteiger partial charge in [0.05, 0.1) is 0 Å². The molecule has 0 aliphatic rings. The summed E-state index contributed by atoms with van der Waals surface area (Å²) in [5.74, 6) is -0.605. The van der Waals surface area contributed by atoms with E-state index in [2.05, 4.69) is 4.98 Å². The van der Waals surface area contributed by atoms with Gasteiger partial charge in [0.15, 0.2) is 0 Å². The number of carbonyl (C=O) groups is 1. The Hall–Kier alpha value is -2.18. The lowest BCUT2D eigenvalue weighted by Gasteiger charge is -2.05. The molecule has 1 aromatic heterocycles. The van der Waals surface area contributed by atoms with Crippen LogP contribution in [0.5, 0.6) is 0 Å². The second-order valence-electron chi connectivity index (χ2n) is 3.91. The molecule has 1 heterocycles. The first-order chi connectivity index (χ1) is 9.16. The van der Waals surface area contributed by atoms with Gasteiger partial charge in [-0.05, 0) is 23.2 Å². The highest BCUT2D eigenvalue weighted by atomic mass is 16.5. The standard InChI is InChI=1S/C13H12BNO4/c16-13(19-9-10-4-2-1-3-5-10)12-8-11(14(17)18)6-7-15-12/h1-8,17-18H,9H2. The van der Waals surface area contributed by atoms with Crippen molar-refractivity contribution in [1.29, 1.82) is 0 Å². The number of hydrogen-bond acceptors (Lipinski definition) is 5. The molecule has 19 heavy (non-hydrogen) atoms. The van der Waals surface area contributed by atoms with Gasteiger partial charge in [0, 0.05) is 6.20 Å². The topological polar surface area (TPSA) is 79.7 Å². The van der Waals surface area contributed by atoms with E-state index in [-0.39, 0.29) is 17.8 Å². The molecule has 0 aliphatic heterocycles. The van der Waals surface area contributed by atoms with Gasteiger partial charge in [-0.3, -0.25) is 0 Å². The van der Waals surface area contributed by atoms with Gasteiger partial charge < -0.3 is 14.8 Å². The molecule has 0 fully saturated rings. The summed E-state index contributed by atoms with van der Waals surface area (Å²) < 4.78 is 5.08. The summed E-state index contributed by atoms with van der Waals surface area (Å²) in [5, 5.41) is 18.0. The number of pyridine rings is 1. The normalized spacial score (nSPS) is 10.0. The van der Waals surface area contributed by atoms with E-state index in [1.165, 1.54) is 18.3 Å². The van der Waals surface area contributed by atoms with Crippen LogP contribution in [0.4, 0.5) is 0 Å². The fourth-order valence-electron chi connectivity index (χ4n) is 1.52. The van der Waals surface area contributed by atoms with Crippen molar-refractivity contribution in [3.63, 3.8) is 0 Å². The van der Waals surface area contributed by atoms with Gasteiger partial charge in [-0.1, -0.05) is 30.3 Å². The second kappa shape index (κ2) is 6.13. The zero-order chi connectivity index (χ0) is 13.7. The van der Waals surface area contributed by atoms with Gasteiger partial charge in [-0.15, -0.1) is 0 Å². The Morgan fingerprint density at radius 2 is 1.95 bits per heavy atom. The number of nitrogens with zero attached hydrogens (tertiary/aromatic N) is 1. The van der Waals surface area contributed by atoms with Gasteiger partial charge in [0.25, 0.3) is 0 Å². The molecule has 0 amide bonds. The molecule has 0 aliphatic carbocycles. The summed E-state index contributed by atoms with van der Waals surface area (Å²) >= 11 is 0. The van der Waals surface area contributed by atoms with E-state index in [0.717, 1.165) is 5.56 Å². The van der Waals surface area contributed by atoms with Crippen molar-refractivity contribution in [3.8, 4) is 0 Å². The molecule has 2 N–H and O–H groups in total. The van der Waals surface area contributed by atoms with E-state index in [9.17, 15) is 4.79 Å². The van der Waals surface area contributed by atoms with E-state index in [1.54, 1.807) is 0 Å². The molecule has 2 aromatic rings. The van der Waals surface area contributed by atoms with Crippen LogP contribution in [0.3, 0.4) is 0 Å². The number of rotatable bonds is 4. The molecule has 6 heteroatoms. The summed E-state index contributed by atoms with van der Waals surface area (Å²) in [5.41, 5.74) is 1.11. The Bertz CT molecular complexity index is 560. The van der Waals surface area contributed by atoms with Crippen molar-refractivity contribution >= 4 is 18.6 Å².